The molecule has 0 aliphatic heterocycles. The summed E-state index contributed by atoms with van der Waals surface area (Å²) in [6.45, 7) is 2.28. The molecule has 0 fully saturated rings. The van der Waals surface area contributed by atoms with E-state index in [4.69, 9.17) is 0 Å². The van der Waals surface area contributed by atoms with Crippen LogP contribution in [0.25, 0.3) is 0 Å². The van der Waals surface area contributed by atoms with Crippen molar-refractivity contribution in [1.29, 1.82) is 5.26 Å². The first-order valence-electron chi connectivity index (χ1n) is 6.62. The van der Waals surface area contributed by atoms with Gasteiger partial charge in [-0.1, -0.05) is 6.92 Å². The standard InChI is InChI=1S/C15H12Br2N2S2/c1-8-2-3-10-11(6-18)15(21-13(10)4-8)19-7-9-5-12(16)14(17)20-9/h5,7-8H,2-4H2,1H3. The highest BCUT2D eigenvalue weighted by atomic mass is 79.9. The molecular formula is C15H12Br2N2S2. The van der Waals surface area contributed by atoms with Gasteiger partial charge in [0.15, 0.2) is 0 Å². The highest BCUT2D eigenvalue weighted by Gasteiger charge is 2.23. The Kier molecular flexibility index (Phi) is 4.65. The number of nitrogens with zero attached hydrogens (tertiary/aromatic N) is 2. The van der Waals surface area contributed by atoms with E-state index in [1.54, 1.807) is 22.7 Å². The van der Waals surface area contributed by atoms with Crippen molar-refractivity contribution >= 4 is 65.7 Å². The predicted molar refractivity (Wildman–Crippen MR) is 97.2 cm³/mol. The topological polar surface area (TPSA) is 36.1 Å². The average Bonchev–Trinajstić information content (AvgIpc) is 2.96. The molecule has 1 aliphatic rings. The van der Waals surface area contributed by atoms with Crippen LogP contribution in [0, 0.1) is 17.2 Å². The molecule has 21 heavy (non-hydrogen) atoms. The van der Waals surface area contributed by atoms with Gasteiger partial charge >= 0.3 is 0 Å². The Bertz CT molecular complexity index is 733. The molecule has 2 aromatic heterocycles. The average molecular weight is 444 g/mol. The van der Waals surface area contributed by atoms with Gasteiger partial charge in [0.05, 0.1) is 9.35 Å². The summed E-state index contributed by atoms with van der Waals surface area (Å²) >= 11 is 10.3. The molecular weight excluding hydrogens is 432 g/mol. The van der Waals surface area contributed by atoms with Crippen LogP contribution in [0.15, 0.2) is 19.3 Å². The van der Waals surface area contributed by atoms with Crippen LogP contribution in [0.2, 0.25) is 0 Å². The van der Waals surface area contributed by atoms with E-state index in [0.717, 1.165) is 36.5 Å². The molecule has 3 rings (SSSR count). The van der Waals surface area contributed by atoms with Gasteiger partial charge in [0.1, 0.15) is 11.1 Å². The van der Waals surface area contributed by atoms with Crippen LogP contribution in [0.5, 0.6) is 0 Å². The minimum Gasteiger partial charge on any atom is -0.243 e. The SMILES string of the molecule is CC1CCc2c(sc(N=Cc3cc(Br)c(Br)s3)c2C#N)C1. The molecule has 0 radical (unpaired) electrons. The maximum Gasteiger partial charge on any atom is 0.134 e. The van der Waals surface area contributed by atoms with Crippen molar-refractivity contribution in [2.45, 2.75) is 26.2 Å². The van der Waals surface area contributed by atoms with Crippen molar-refractivity contribution in [2.24, 2.45) is 10.9 Å². The Morgan fingerprint density at radius 1 is 1.43 bits per heavy atom. The number of hydrogen-bond acceptors (Lipinski definition) is 4. The zero-order valence-electron chi connectivity index (χ0n) is 11.3. The van der Waals surface area contributed by atoms with Crippen LogP contribution in [-0.2, 0) is 12.8 Å². The Morgan fingerprint density at radius 2 is 2.24 bits per heavy atom. The Balaban J connectivity index is 1.94. The van der Waals surface area contributed by atoms with Crippen molar-refractivity contribution in [3.05, 3.63) is 35.2 Å². The molecule has 0 amide bonds. The van der Waals surface area contributed by atoms with Gasteiger partial charge in [0, 0.05) is 20.4 Å². The number of nitriles is 1. The lowest BCUT2D eigenvalue weighted by Gasteiger charge is -2.17. The minimum absolute atomic E-state index is 0.712. The van der Waals surface area contributed by atoms with Crippen molar-refractivity contribution in [1.82, 2.24) is 0 Å². The number of aliphatic imine (C=N–C) groups is 1. The van der Waals surface area contributed by atoms with E-state index >= 15 is 0 Å². The van der Waals surface area contributed by atoms with Gasteiger partial charge < -0.3 is 0 Å². The maximum atomic E-state index is 9.45. The fourth-order valence-corrected chi connectivity index (χ4v) is 5.76. The first kappa shape index (κ1) is 15.4. The lowest BCUT2D eigenvalue weighted by Crippen LogP contribution is -2.09. The number of hydrogen-bond donors (Lipinski definition) is 0. The van der Waals surface area contributed by atoms with Crippen molar-refractivity contribution in [3.63, 3.8) is 0 Å². The van der Waals surface area contributed by atoms with Gasteiger partial charge in [-0.25, -0.2) is 4.99 Å². The van der Waals surface area contributed by atoms with Crippen molar-refractivity contribution < 1.29 is 0 Å². The lowest BCUT2D eigenvalue weighted by molar-refractivity contribution is 0.507. The third-order valence-electron chi connectivity index (χ3n) is 3.58. The molecule has 0 spiro atoms. The third kappa shape index (κ3) is 3.16. The lowest BCUT2D eigenvalue weighted by atomic mass is 9.89. The minimum atomic E-state index is 0.712. The van der Waals surface area contributed by atoms with E-state index in [1.807, 2.05) is 12.3 Å². The molecule has 0 N–H and O–H groups in total. The molecule has 0 aromatic carbocycles. The second-order valence-electron chi connectivity index (χ2n) is 5.17. The van der Waals surface area contributed by atoms with E-state index in [2.05, 4.69) is 49.8 Å². The highest BCUT2D eigenvalue weighted by Crippen LogP contribution is 2.41. The third-order valence-corrected chi connectivity index (χ3v) is 7.93. The maximum absolute atomic E-state index is 9.45. The van der Waals surface area contributed by atoms with Gasteiger partial charge in [-0.15, -0.1) is 22.7 Å². The van der Waals surface area contributed by atoms with E-state index in [1.165, 1.54) is 16.9 Å². The smallest absolute Gasteiger partial charge is 0.134 e. The van der Waals surface area contributed by atoms with E-state index in [-0.39, 0.29) is 0 Å². The summed E-state index contributed by atoms with van der Waals surface area (Å²) < 4.78 is 2.09. The van der Waals surface area contributed by atoms with Gasteiger partial charge in [-0.05, 0) is 68.7 Å². The summed E-state index contributed by atoms with van der Waals surface area (Å²) in [6, 6.07) is 4.38. The summed E-state index contributed by atoms with van der Waals surface area (Å²) in [6.07, 6.45) is 5.12. The number of thiophene rings is 2. The number of rotatable bonds is 2. The molecule has 2 nitrogen and oxygen atoms in total. The van der Waals surface area contributed by atoms with E-state index < -0.39 is 0 Å². The van der Waals surface area contributed by atoms with Crippen LogP contribution in [-0.4, -0.2) is 6.21 Å². The summed E-state index contributed by atoms with van der Waals surface area (Å²) in [4.78, 5) is 6.99. The van der Waals surface area contributed by atoms with E-state index in [0.29, 0.717) is 5.92 Å². The fourth-order valence-electron chi connectivity index (χ4n) is 2.49. The first-order chi connectivity index (χ1) is 10.1. The Morgan fingerprint density at radius 3 is 2.90 bits per heavy atom. The normalized spacial score (nSPS) is 17.9. The van der Waals surface area contributed by atoms with Crippen LogP contribution in [0.1, 0.15) is 34.2 Å². The molecule has 1 atom stereocenters. The highest BCUT2D eigenvalue weighted by molar-refractivity contribution is 9.13. The van der Waals surface area contributed by atoms with Crippen molar-refractivity contribution in [3.8, 4) is 6.07 Å². The molecule has 0 saturated carbocycles. The molecule has 2 aromatic rings. The van der Waals surface area contributed by atoms with Gasteiger partial charge in [-0.3, -0.25) is 0 Å². The zero-order chi connectivity index (χ0) is 15.0. The largest absolute Gasteiger partial charge is 0.243 e. The number of halogens is 2. The van der Waals surface area contributed by atoms with Gasteiger partial charge in [-0.2, -0.15) is 5.26 Å². The molecule has 108 valence electrons. The monoisotopic (exact) mass is 442 g/mol. The molecule has 6 heteroatoms. The van der Waals surface area contributed by atoms with Gasteiger partial charge in [0.25, 0.3) is 0 Å². The Labute approximate surface area is 148 Å². The zero-order valence-corrected chi connectivity index (χ0v) is 16.1. The second kappa shape index (κ2) is 6.33. The first-order valence-corrected chi connectivity index (χ1v) is 9.84. The predicted octanol–water partition coefficient (Wildman–Crippen LogP) is 6.08. The summed E-state index contributed by atoms with van der Waals surface area (Å²) in [5.41, 5.74) is 2.02. The molecule has 0 bridgehead atoms. The second-order valence-corrected chi connectivity index (χ2v) is 9.51. The molecule has 1 unspecified atom stereocenters. The molecule has 1 aliphatic carbocycles. The van der Waals surface area contributed by atoms with Crippen LogP contribution in [0.3, 0.4) is 0 Å². The van der Waals surface area contributed by atoms with Crippen LogP contribution in [0.4, 0.5) is 5.00 Å². The molecule has 2 heterocycles. The quantitative estimate of drug-likeness (QED) is 0.517. The van der Waals surface area contributed by atoms with Crippen LogP contribution < -0.4 is 0 Å². The summed E-state index contributed by atoms with van der Waals surface area (Å²) in [5.74, 6) is 0.712. The summed E-state index contributed by atoms with van der Waals surface area (Å²) in [5, 5.41) is 10.3. The van der Waals surface area contributed by atoms with Crippen molar-refractivity contribution in [2.75, 3.05) is 0 Å². The summed E-state index contributed by atoms with van der Waals surface area (Å²) in [7, 11) is 0. The van der Waals surface area contributed by atoms with Crippen LogP contribution >= 0.6 is 54.5 Å². The van der Waals surface area contributed by atoms with E-state index in [9.17, 15) is 5.26 Å². The fraction of sp³-hybridized carbons (Fsp3) is 0.333. The molecule has 0 saturated heterocycles. The Hall–Kier alpha value is -0.480. The number of fused-ring (bicyclic) bond motifs is 1. The van der Waals surface area contributed by atoms with Gasteiger partial charge in [0.2, 0.25) is 0 Å².